The van der Waals surface area contributed by atoms with Gasteiger partial charge in [0.05, 0.1) is 5.92 Å². The van der Waals surface area contributed by atoms with Crippen molar-refractivity contribution in [2.45, 2.75) is 51.9 Å². The van der Waals surface area contributed by atoms with Crippen LogP contribution in [0.25, 0.3) is 0 Å². The van der Waals surface area contributed by atoms with Gasteiger partial charge in [-0.3, -0.25) is 9.59 Å². The number of piperidine rings is 1. The van der Waals surface area contributed by atoms with E-state index in [4.69, 9.17) is 0 Å². The van der Waals surface area contributed by atoms with Gasteiger partial charge in [0, 0.05) is 20.0 Å². The third-order valence-corrected chi connectivity index (χ3v) is 4.72. The molecule has 4 heteroatoms. The quantitative estimate of drug-likeness (QED) is 0.855. The molecule has 1 heterocycles. The van der Waals surface area contributed by atoms with E-state index in [1.807, 2.05) is 0 Å². The van der Waals surface area contributed by atoms with Crippen LogP contribution in [0.2, 0.25) is 0 Å². The summed E-state index contributed by atoms with van der Waals surface area (Å²) in [5, 5.41) is 9.22. The molecule has 1 saturated carbocycles. The maximum Gasteiger partial charge on any atom is 0.308 e. The molecule has 0 bridgehead atoms. The largest absolute Gasteiger partial charge is 0.481 e. The Bertz CT molecular complexity index is 314. The van der Waals surface area contributed by atoms with Crippen molar-refractivity contribution in [2.75, 3.05) is 13.1 Å². The highest BCUT2D eigenvalue weighted by Crippen LogP contribution is 2.33. The molecule has 1 saturated heterocycles. The summed E-state index contributed by atoms with van der Waals surface area (Å²) >= 11 is 0. The molecule has 1 N–H and O–H groups in total. The van der Waals surface area contributed by atoms with Gasteiger partial charge in [0.1, 0.15) is 0 Å². The molecule has 1 amide bonds. The molecule has 0 aromatic carbocycles. The highest BCUT2D eigenvalue weighted by atomic mass is 16.4. The van der Waals surface area contributed by atoms with Gasteiger partial charge in [0.15, 0.2) is 0 Å². The number of carboxylic acid groups (broad SMARTS) is 1. The summed E-state index contributed by atoms with van der Waals surface area (Å²) in [6, 6.07) is 0. The van der Waals surface area contributed by atoms with Crippen LogP contribution in [-0.2, 0) is 9.59 Å². The molecule has 2 aliphatic rings. The Kier molecular flexibility index (Phi) is 4.83. The number of rotatable bonds is 3. The Morgan fingerprint density at radius 1 is 1.11 bits per heavy atom. The molecular formula is C15H25NO3. The molecule has 2 rings (SSSR count). The second-order valence-electron chi connectivity index (χ2n) is 6.30. The van der Waals surface area contributed by atoms with Crippen LogP contribution in [0.3, 0.4) is 0 Å². The van der Waals surface area contributed by atoms with E-state index in [9.17, 15) is 14.7 Å². The highest BCUT2D eigenvalue weighted by Gasteiger charge is 2.33. The minimum atomic E-state index is -0.750. The molecule has 19 heavy (non-hydrogen) atoms. The average molecular weight is 267 g/mol. The second kappa shape index (κ2) is 6.40. The van der Waals surface area contributed by atoms with E-state index in [-0.39, 0.29) is 11.8 Å². The zero-order valence-corrected chi connectivity index (χ0v) is 11.8. The molecule has 0 aromatic rings. The molecule has 108 valence electrons. The molecule has 2 fully saturated rings. The molecule has 0 spiro atoms. The van der Waals surface area contributed by atoms with Gasteiger partial charge in [-0.15, -0.1) is 0 Å². The fourth-order valence-corrected chi connectivity index (χ4v) is 3.70. The number of hydrogen-bond donors (Lipinski definition) is 1. The first-order valence-electron chi connectivity index (χ1n) is 7.54. The molecule has 1 aliphatic heterocycles. The van der Waals surface area contributed by atoms with Crippen molar-refractivity contribution in [3.8, 4) is 0 Å². The summed E-state index contributed by atoms with van der Waals surface area (Å²) < 4.78 is 0. The standard InChI is InChI=1S/C15H25NO3/c1-11(17)16-9-13(8-14(10-16)15(18)19)7-12-5-3-2-4-6-12/h12-14H,2-10H2,1H3,(H,18,19)/t13-,14-/m1/s1. The number of likely N-dealkylation sites (tertiary alicyclic amines) is 1. The fraction of sp³-hybridized carbons (Fsp3) is 0.867. The number of aliphatic carboxylic acids is 1. The maximum absolute atomic E-state index is 11.5. The minimum absolute atomic E-state index is 0.0135. The van der Waals surface area contributed by atoms with E-state index in [2.05, 4.69) is 0 Å². The van der Waals surface area contributed by atoms with Crippen molar-refractivity contribution in [3.63, 3.8) is 0 Å². The zero-order chi connectivity index (χ0) is 13.8. The van der Waals surface area contributed by atoms with Gasteiger partial charge in [-0.05, 0) is 24.7 Å². The lowest BCUT2D eigenvalue weighted by Crippen LogP contribution is -2.45. The maximum atomic E-state index is 11.5. The van der Waals surface area contributed by atoms with Crippen LogP contribution >= 0.6 is 0 Å². The lowest BCUT2D eigenvalue weighted by Gasteiger charge is -2.37. The van der Waals surface area contributed by atoms with E-state index in [1.165, 1.54) is 32.1 Å². The van der Waals surface area contributed by atoms with Crippen molar-refractivity contribution < 1.29 is 14.7 Å². The van der Waals surface area contributed by atoms with Gasteiger partial charge >= 0.3 is 5.97 Å². The summed E-state index contributed by atoms with van der Waals surface area (Å²) in [7, 11) is 0. The van der Waals surface area contributed by atoms with Gasteiger partial charge in [0.25, 0.3) is 0 Å². The van der Waals surface area contributed by atoms with Crippen molar-refractivity contribution in [3.05, 3.63) is 0 Å². The summed E-state index contributed by atoms with van der Waals surface area (Å²) in [6.07, 6.45) is 8.40. The number of nitrogens with zero attached hydrogens (tertiary/aromatic N) is 1. The van der Waals surface area contributed by atoms with E-state index in [0.717, 1.165) is 25.3 Å². The molecule has 0 aromatic heterocycles. The first kappa shape index (κ1) is 14.4. The van der Waals surface area contributed by atoms with Crippen molar-refractivity contribution in [1.29, 1.82) is 0 Å². The first-order valence-corrected chi connectivity index (χ1v) is 7.54. The number of hydrogen-bond acceptors (Lipinski definition) is 2. The smallest absolute Gasteiger partial charge is 0.308 e. The minimum Gasteiger partial charge on any atom is -0.481 e. The lowest BCUT2D eigenvalue weighted by atomic mass is 9.78. The van der Waals surface area contributed by atoms with Crippen LogP contribution in [0.15, 0.2) is 0 Å². The van der Waals surface area contributed by atoms with Crippen LogP contribution in [0.5, 0.6) is 0 Å². The first-order chi connectivity index (χ1) is 9.06. The Labute approximate surface area is 115 Å². The van der Waals surface area contributed by atoms with Crippen LogP contribution in [0.4, 0.5) is 0 Å². The summed E-state index contributed by atoms with van der Waals surface area (Å²) in [4.78, 5) is 24.5. The normalized spacial score (nSPS) is 29.2. The predicted octanol–water partition coefficient (Wildman–Crippen LogP) is 2.53. The van der Waals surface area contributed by atoms with Crippen molar-refractivity contribution in [2.24, 2.45) is 17.8 Å². The van der Waals surface area contributed by atoms with Crippen molar-refractivity contribution >= 4 is 11.9 Å². The molecule has 0 radical (unpaired) electrons. The predicted molar refractivity (Wildman–Crippen MR) is 72.7 cm³/mol. The fourth-order valence-electron chi connectivity index (χ4n) is 3.70. The van der Waals surface area contributed by atoms with Crippen LogP contribution in [-0.4, -0.2) is 35.0 Å². The zero-order valence-electron chi connectivity index (χ0n) is 11.8. The Hall–Kier alpha value is -1.06. The van der Waals surface area contributed by atoms with E-state index < -0.39 is 5.97 Å². The van der Waals surface area contributed by atoms with Gasteiger partial charge < -0.3 is 10.0 Å². The molecule has 1 aliphatic carbocycles. The number of carboxylic acids is 1. The topological polar surface area (TPSA) is 57.6 Å². The average Bonchev–Trinajstić information content (AvgIpc) is 2.39. The van der Waals surface area contributed by atoms with Crippen molar-refractivity contribution in [1.82, 2.24) is 4.90 Å². The number of carbonyl (C=O) groups is 2. The SMILES string of the molecule is CC(=O)N1C[C@H](CC2CCCCC2)C[C@@H](C(=O)O)C1. The number of amides is 1. The molecular weight excluding hydrogens is 242 g/mol. The summed E-state index contributed by atoms with van der Waals surface area (Å²) in [5.41, 5.74) is 0. The third-order valence-electron chi connectivity index (χ3n) is 4.72. The highest BCUT2D eigenvalue weighted by molar-refractivity contribution is 5.76. The molecule has 0 unspecified atom stereocenters. The monoisotopic (exact) mass is 267 g/mol. The van der Waals surface area contributed by atoms with Gasteiger partial charge in [-0.25, -0.2) is 0 Å². The number of carbonyl (C=O) groups excluding carboxylic acids is 1. The van der Waals surface area contributed by atoms with Crippen LogP contribution < -0.4 is 0 Å². The van der Waals surface area contributed by atoms with Gasteiger partial charge in [-0.2, -0.15) is 0 Å². The third kappa shape index (κ3) is 3.95. The van der Waals surface area contributed by atoms with Crippen LogP contribution in [0, 0.1) is 17.8 Å². The second-order valence-corrected chi connectivity index (χ2v) is 6.30. The van der Waals surface area contributed by atoms with Crippen LogP contribution in [0.1, 0.15) is 51.9 Å². The molecule has 2 atom stereocenters. The van der Waals surface area contributed by atoms with E-state index >= 15 is 0 Å². The van der Waals surface area contributed by atoms with Gasteiger partial charge in [-0.1, -0.05) is 32.1 Å². The summed E-state index contributed by atoms with van der Waals surface area (Å²) in [5.74, 6) is 0.0207. The Morgan fingerprint density at radius 2 is 1.79 bits per heavy atom. The molecule has 4 nitrogen and oxygen atoms in total. The summed E-state index contributed by atoms with van der Waals surface area (Å²) in [6.45, 7) is 2.70. The van der Waals surface area contributed by atoms with E-state index in [0.29, 0.717) is 12.5 Å². The lowest BCUT2D eigenvalue weighted by molar-refractivity contribution is -0.146. The van der Waals surface area contributed by atoms with E-state index in [1.54, 1.807) is 11.8 Å². The van der Waals surface area contributed by atoms with Gasteiger partial charge in [0.2, 0.25) is 5.91 Å². The Morgan fingerprint density at radius 3 is 2.37 bits per heavy atom. The Balaban J connectivity index is 1.94.